The van der Waals surface area contributed by atoms with Crippen LogP contribution in [-0.2, 0) is 84.8 Å². The summed E-state index contributed by atoms with van der Waals surface area (Å²) in [6, 6.07) is 82.4. The first kappa shape index (κ1) is 128. The first-order valence-corrected chi connectivity index (χ1v) is 41.6. The molecule has 8 N–H and O–H groups in total. The number of carboxylic acid groups (broad SMARTS) is 1. The maximum atomic E-state index is 12.3. The van der Waals surface area contributed by atoms with E-state index in [4.69, 9.17) is 52.0 Å². The quantitative estimate of drug-likeness (QED) is 0.0110. The summed E-state index contributed by atoms with van der Waals surface area (Å²) in [6.07, 6.45) is 16.7. The van der Waals surface area contributed by atoms with E-state index in [-0.39, 0.29) is 98.8 Å². The summed E-state index contributed by atoms with van der Waals surface area (Å²) >= 11 is 5.19. The molecule has 0 spiro atoms. The second-order valence-electron chi connectivity index (χ2n) is 25.1. The third-order valence-electron chi connectivity index (χ3n) is 16.3. The van der Waals surface area contributed by atoms with Gasteiger partial charge in [0, 0.05) is 106 Å². The predicted octanol–water partition coefficient (Wildman–Crippen LogP) is 10.3. The van der Waals surface area contributed by atoms with Gasteiger partial charge in [0.2, 0.25) is 17.1 Å². The van der Waals surface area contributed by atoms with E-state index in [1.807, 2.05) is 162 Å². The summed E-state index contributed by atoms with van der Waals surface area (Å²) in [6.45, 7) is 32.5. The summed E-state index contributed by atoms with van der Waals surface area (Å²) in [7, 11) is 3.00. The molecule has 0 atom stereocenters. The van der Waals surface area contributed by atoms with Crippen LogP contribution in [0.4, 0.5) is 0 Å². The molecule has 0 saturated carbocycles. The van der Waals surface area contributed by atoms with Gasteiger partial charge in [-0.25, -0.2) is 0 Å². The fraction of sp³-hybridized carbons (Fsp3) is 0.464. The number of aliphatic carboxylic acids is 1. The Morgan fingerprint density at radius 1 is 0.398 bits per heavy atom. The van der Waals surface area contributed by atoms with E-state index in [9.17, 15) is 19.2 Å². The van der Waals surface area contributed by atoms with Crippen molar-refractivity contribution in [3.63, 3.8) is 0 Å². The minimum Gasteiger partial charge on any atom is -1.00 e. The van der Waals surface area contributed by atoms with E-state index in [0.29, 0.717) is 32.2 Å². The summed E-state index contributed by atoms with van der Waals surface area (Å²) in [5, 5.41) is 35.2. The van der Waals surface area contributed by atoms with Crippen molar-refractivity contribution in [3.05, 3.63) is 287 Å². The predicted molar refractivity (Wildman–Crippen MR) is 504 cm³/mol. The Labute approximate surface area is 769 Å². The number of halogens is 1. The van der Waals surface area contributed by atoms with Crippen molar-refractivity contribution >= 4 is 69.3 Å². The van der Waals surface area contributed by atoms with Crippen molar-refractivity contribution in [2.24, 2.45) is 5.73 Å². The van der Waals surface area contributed by atoms with E-state index in [2.05, 4.69) is 164 Å². The Bertz CT molecular complexity index is 3150. The minimum atomic E-state index is -0.742. The molecule has 0 aliphatic carbocycles. The number of rotatable bonds is 36. The minimum absolute atomic E-state index is 0. The molecule has 21 heteroatoms. The Balaban J connectivity index is -0.000000144. The molecule has 0 aromatic heterocycles. The number of benzene rings is 8. The van der Waals surface area contributed by atoms with Crippen LogP contribution < -0.4 is 54.1 Å². The van der Waals surface area contributed by atoms with Crippen LogP contribution in [0.5, 0.6) is 0 Å². The van der Waals surface area contributed by atoms with Crippen molar-refractivity contribution in [3.8, 4) is 0 Å². The number of hydrogen-bond donors (Lipinski definition) is 7. The second kappa shape index (κ2) is 103. The second-order valence-corrected chi connectivity index (χ2v) is 25.5. The Morgan fingerprint density at radius 3 is 0.907 bits per heavy atom. The first-order chi connectivity index (χ1) is 55.7. The standard InChI is InChI=1S/C20H25NO.C20H27N.C11H15NO.C11H17N.C9H9ClO.C9H10O2.C4H8O.2C4H10O.C2H7N.3CH4O.2Al.2Li.8H/c1-2-21(17-9-14-18-10-5-3-6-11-18)20(22)16-15-19-12-7-4-8-13-19;1-2-21(17-9-15-19-11-5-3-6-12-19)18-10-16-20-13-7-4-8-14-20;1-2-12-11(13)9-8-10-6-4-3-5-7-10;1-2-12-10-6-9-11-7-4-3-5-8-11;2*10-9(11)7-6-8-4-2-1-3-5-8;1-2-4-5-3-1;2*1-3-5-4-2;1-2-3;3*1-2;;;;;;;;;;;;/h3-8,10-13H,2,9,14-17H2,1H3;3-8,11-14H,2,9-10,15-18H2,1H3;3-7H,2,8-9H2,1H3,(H,12,13);3-5,7-8,12H,2,6,9-10H2,1H3;1-5H,6-7H2;1-5H,6-7H2,(H,10,11);1-4H2;2*3-4H2,1-2H3;2-3H2,1H3;3*2H,1H3;;;;;;;;;;;;/q;;;;;;;;;;;;;;;2*+1;;;;;;;2*-1. The molecule has 1 saturated heterocycles. The number of nitrogens with one attached hydrogen (secondary N) is 2. The van der Waals surface area contributed by atoms with E-state index in [1.54, 1.807) is 0 Å². The largest absolute Gasteiger partial charge is 1.00 e. The van der Waals surface area contributed by atoms with E-state index < -0.39 is 5.97 Å². The van der Waals surface area contributed by atoms with Crippen LogP contribution in [0.3, 0.4) is 0 Å². The topological polar surface area (TPSA) is 233 Å². The maximum Gasteiger partial charge on any atom is 1.00 e. The van der Waals surface area contributed by atoms with Gasteiger partial charge in [0.25, 0.3) is 0 Å². The molecule has 2 amide bonds. The third kappa shape index (κ3) is 87.8. The Kier molecular flexibility index (Phi) is 112. The number of carbonyl (C=O) groups excluding carboxylic acids is 3. The molecule has 0 radical (unpaired) electrons. The van der Waals surface area contributed by atoms with E-state index >= 15 is 0 Å². The van der Waals surface area contributed by atoms with Gasteiger partial charge in [-0.15, -0.1) is 0 Å². The number of amides is 2. The van der Waals surface area contributed by atoms with Crippen molar-refractivity contribution in [1.82, 2.24) is 20.4 Å². The van der Waals surface area contributed by atoms with Crippen molar-refractivity contribution in [1.29, 1.82) is 0 Å². The van der Waals surface area contributed by atoms with Gasteiger partial charge in [0.1, 0.15) is 0 Å². The number of aliphatic hydroxyl groups excluding tert-OH is 3. The van der Waals surface area contributed by atoms with Gasteiger partial charge < -0.3 is 63.7 Å². The number of nitrogens with zero attached hydrogens (tertiary/aromatic N) is 2. The van der Waals surface area contributed by atoms with Gasteiger partial charge in [-0.3, -0.25) is 19.2 Å². The number of carboxylic acids is 1. The molecule has 1 aliphatic heterocycles. The molecule has 1 aliphatic rings. The molecular formula is C97H158Al2ClLi2N5O11. The summed E-state index contributed by atoms with van der Waals surface area (Å²) in [5.41, 5.74) is 15.2. The van der Waals surface area contributed by atoms with Gasteiger partial charge in [-0.1, -0.05) is 263 Å². The van der Waals surface area contributed by atoms with Gasteiger partial charge in [-0.05, 0) is 227 Å². The van der Waals surface area contributed by atoms with Gasteiger partial charge in [0.05, 0.1) is 0 Å². The molecule has 16 nitrogen and oxygen atoms in total. The van der Waals surface area contributed by atoms with Crippen LogP contribution in [-0.4, -0.2) is 208 Å². The average molecular weight is 1670 g/mol. The third-order valence-corrected chi connectivity index (χ3v) is 16.5. The molecule has 0 bridgehead atoms. The normalized spacial score (nSPS) is 9.78. The van der Waals surface area contributed by atoms with Crippen LogP contribution in [0.15, 0.2) is 243 Å². The van der Waals surface area contributed by atoms with E-state index in [1.165, 1.54) is 97.8 Å². The molecule has 0 unspecified atom stereocenters. The molecule has 9 rings (SSSR count). The summed E-state index contributed by atoms with van der Waals surface area (Å²) in [5.74, 6) is -0.348. The van der Waals surface area contributed by atoms with Crippen LogP contribution >= 0.6 is 11.6 Å². The maximum absolute atomic E-state index is 12.3. The number of aliphatic hydroxyl groups is 3. The number of nitrogens with two attached hydrogens (primary N) is 1. The first-order valence-electron chi connectivity index (χ1n) is 41.2. The molecule has 652 valence electrons. The zero-order valence-corrected chi connectivity index (χ0v) is 74.7. The van der Waals surface area contributed by atoms with Crippen LogP contribution in [0, 0.1) is 0 Å². The SMILES string of the molecule is C1CCOC1.CCN.CCN(CCCc1ccccc1)C(=O)CCc1ccccc1.CCN(CCCc1ccccc1)CCCc1ccccc1.CCNC(=O)CCc1ccccc1.CCNCCCc1ccccc1.CCOCC.CCOCC.CO.CO.CO.O=C(Cl)CCc1ccccc1.O=C(O)CCc1ccccc1.[AlH3].[AlH3].[H-].[H-].[Li+].[Li+]. The van der Waals surface area contributed by atoms with Crippen LogP contribution in [0.25, 0.3) is 0 Å². The molecule has 1 fully saturated rings. The number of aryl methyl sites for hydroxylation is 8. The smallest absolute Gasteiger partial charge is 1.00 e. The summed E-state index contributed by atoms with van der Waals surface area (Å²) in [4.78, 5) is 48.5. The van der Waals surface area contributed by atoms with E-state index in [0.717, 1.165) is 143 Å². The van der Waals surface area contributed by atoms with Crippen molar-refractivity contribution in [2.75, 3.05) is 120 Å². The molecule has 8 aromatic rings. The average Bonchev–Trinajstić information content (AvgIpc) is 1.01. The number of carbonyl (C=O) groups is 4. The zero-order chi connectivity index (χ0) is 85.2. The Hall–Kier alpha value is -5.97. The number of hydrogen-bond acceptors (Lipinski definition) is 13. The van der Waals surface area contributed by atoms with Gasteiger partial charge >= 0.3 is 43.7 Å². The van der Waals surface area contributed by atoms with Crippen molar-refractivity contribution < 1.29 is 94.4 Å². The Morgan fingerprint density at radius 2 is 0.669 bits per heavy atom. The molecule has 118 heavy (non-hydrogen) atoms. The number of ether oxygens (including phenoxy) is 3. The van der Waals surface area contributed by atoms with Gasteiger partial charge in [0.15, 0.2) is 34.7 Å². The van der Waals surface area contributed by atoms with Crippen LogP contribution in [0.2, 0.25) is 0 Å². The molecule has 8 aromatic carbocycles. The fourth-order valence-electron chi connectivity index (χ4n) is 10.5. The molecular weight excluding hydrogens is 1510 g/mol. The molecule has 1 heterocycles. The van der Waals surface area contributed by atoms with Crippen molar-refractivity contribution in [2.45, 2.75) is 178 Å². The zero-order valence-electron chi connectivity index (χ0n) is 75.9. The van der Waals surface area contributed by atoms with Gasteiger partial charge in [-0.2, -0.15) is 0 Å². The fourth-order valence-corrected chi connectivity index (χ4v) is 10.6. The summed E-state index contributed by atoms with van der Waals surface area (Å²) < 4.78 is 14.6. The van der Waals surface area contributed by atoms with Crippen LogP contribution in [0.1, 0.15) is 174 Å². The monoisotopic (exact) mass is 1670 g/mol.